The molecule has 2 aliphatic rings. The molecule has 31 heavy (non-hydrogen) atoms. The standard InChI is InChI=1S/C25H28N6/c1-30-9-11-31(12-10-30)25-21-14-18(5-8-23(21)27-16-28-25)22-15-26-24-20(22)7-6-19(29-24)13-17-3-2-4-17/h5-8,14-17H,2-4,9-13H2,1H3,(H,26,29). The molecular weight excluding hydrogens is 384 g/mol. The number of likely N-dealkylation sites (N-methyl/N-ethyl adjacent to an activating group) is 1. The Balaban J connectivity index is 1.37. The average molecular weight is 413 g/mol. The quantitative estimate of drug-likeness (QED) is 0.542. The fourth-order valence-electron chi connectivity index (χ4n) is 4.87. The molecular formula is C25H28N6. The van der Waals surface area contributed by atoms with Crippen LogP contribution in [0.5, 0.6) is 0 Å². The van der Waals surface area contributed by atoms with Gasteiger partial charge in [0.05, 0.1) is 5.52 Å². The lowest BCUT2D eigenvalue weighted by molar-refractivity contribution is 0.312. The third kappa shape index (κ3) is 3.45. The van der Waals surface area contributed by atoms with E-state index in [0.29, 0.717) is 0 Å². The Morgan fingerprint density at radius 3 is 2.68 bits per heavy atom. The molecule has 1 aliphatic heterocycles. The van der Waals surface area contributed by atoms with E-state index in [1.807, 2.05) is 0 Å². The SMILES string of the molecule is CN1CCN(c2ncnc3ccc(-c4c[nH]c5nc(CC6CCC6)ccc45)cc23)CC1. The highest BCUT2D eigenvalue weighted by atomic mass is 15.3. The van der Waals surface area contributed by atoms with Gasteiger partial charge >= 0.3 is 0 Å². The molecule has 1 aliphatic carbocycles. The summed E-state index contributed by atoms with van der Waals surface area (Å²) in [6.45, 7) is 4.10. The fourth-order valence-corrected chi connectivity index (χ4v) is 4.87. The summed E-state index contributed by atoms with van der Waals surface area (Å²) >= 11 is 0. The molecule has 0 spiro atoms. The van der Waals surface area contributed by atoms with Gasteiger partial charge in [-0.15, -0.1) is 0 Å². The van der Waals surface area contributed by atoms with E-state index in [9.17, 15) is 0 Å². The highest BCUT2D eigenvalue weighted by Crippen LogP contribution is 2.34. The number of nitrogens with one attached hydrogen (secondary N) is 1. The number of nitrogens with zero attached hydrogens (tertiary/aromatic N) is 5. The lowest BCUT2D eigenvalue weighted by atomic mass is 9.82. The minimum absolute atomic E-state index is 0.827. The summed E-state index contributed by atoms with van der Waals surface area (Å²) in [5.74, 6) is 1.87. The first-order valence-electron chi connectivity index (χ1n) is 11.4. The summed E-state index contributed by atoms with van der Waals surface area (Å²) in [6, 6.07) is 11.0. The lowest BCUT2D eigenvalue weighted by Gasteiger charge is -2.33. The van der Waals surface area contributed by atoms with Gasteiger partial charge in [-0.2, -0.15) is 0 Å². The highest BCUT2D eigenvalue weighted by molar-refractivity contribution is 5.98. The molecule has 0 bridgehead atoms. The summed E-state index contributed by atoms with van der Waals surface area (Å²) < 4.78 is 0. The van der Waals surface area contributed by atoms with Crippen molar-refractivity contribution >= 4 is 27.8 Å². The number of anilines is 1. The molecule has 0 radical (unpaired) electrons. The lowest BCUT2D eigenvalue weighted by Crippen LogP contribution is -2.44. The van der Waals surface area contributed by atoms with Crippen LogP contribution < -0.4 is 4.90 Å². The molecule has 0 atom stereocenters. The Morgan fingerprint density at radius 2 is 1.87 bits per heavy atom. The predicted molar refractivity (Wildman–Crippen MR) is 125 cm³/mol. The topological polar surface area (TPSA) is 60.9 Å². The Morgan fingerprint density at radius 1 is 1.00 bits per heavy atom. The maximum atomic E-state index is 4.91. The predicted octanol–water partition coefficient (Wildman–Crippen LogP) is 4.27. The zero-order chi connectivity index (χ0) is 20.8. The maximum Gasteiger partial charge on any atom is 0.139 e. The number of H-pyrrole nitrogens is 1. The number of pyridine rings is 1. The van der Waals surface area contributed by atoms with E-state index in [0.717, 1.165) is 60.9 Å². The van der Waals surface area contributed by atoms with Gasteiger partial charge in [-0.3, -0.25) is 0 Å². The van der Waals surface area contributed by atoms with Crippen molar-refractivity contribution in [2.24, 2.45) is 5.92 Å². The van der Waals surface area contributed by atoms with Crippen molar-refractivity contribution in [3.05, 3.63) is 48.5 Å². The Hall–Kier alpha value is -2.99. The minimum Gasteiger partial charge on any atom is -0.353 e. The summed E-state index contributed by atoms with van der Waals surface area (Å²) in [6.07, 6.45) is 8.96. The minimum atomic E-state index is 0.827. The van der Waals surface area contributed by atoms with Gasteiger partial charge in [0.2, 0.25) is 0 Å². The number of piperazine rings is 1. The fraction of sp³-hybridized carbons (Fsp3) is 0.400. The normalized spacial score (nSPS) is 18.0. The molecule has 1 saturated carbocycles. The van der Waals surface area contributed by atoms with E-state index in [2.05, 4.69) is 68.3 Å². The van der Waals surface area contributed by atoms with Gasteiger partial charge in [0.15, 0.2) is 0 Å². The van der Waals surface area contributed by atoms with Crippen LogP contribution >= 0.6 is 0 Å². The molecule has 6 heteroatoms. The molecule has 4 aromatic rings. The number of hydrogen-bond donors (Lipinski definition) is 1. The first-order chi connectivity index (χ1) is 15.2. The van der Waals surface area contributed by atoms with Crippen molar-refractivity contribution in [3.8, 4) is 11.1 Å². The van der Waals surface area contributed by atoms with Gasteiger partial charge in [-0.25, -0.2) is 15.0 Å². The number of aromatic nitrogens is 4. The van der Waals surface area contributed by atoms with Gasteiger partial charge in [0, 0.05) is 54.4 Å². The van der Waals surface area contributed by atoms with E-state index in [1.54, 1.807) is 6.33 Å². The van der Waals surface area contributed by atoms with Crippen LogP contribution in [-0.4, -0.2) is 58.1 Å². The molecule has 6 nitrogen and oxygen atoms in total. The summed E-state index contributed by atoms with van der Waals surface area (Å²) in [5, 5.41) is 2.29. The van der Waals surface area contributed by atoms with Crippen LogP contribution in [0.1, 0.15) is 25.0 Å². The number of fused-ring (bicyclic) bond motifs is 2. The molecule has 3 aromatic heterocycles. The van der Waals surface area contributed by atoms with Crippen molar-refractivity contribution in [3.63, 3.8) is 0 Å². The van der Waals surface area contributed by atoms with Crippen molar-refractivity contribution < 1.29 is 0 Å². The molecule has 158 valence electrons. The molecule has 0 amide bonds. The summed E-state index contributed by atoms with van der Waals surface area (Å²) in [4.78, 5) is 22.3. The van der Waals surface area contributed by atoms with E-state index in [4.69, 9.17) is 4.98 Å². The average Bonchev–Trinajstić information content (AvgIpc) is 3.19. The van der Waals surface area contributed by atoms with Gasteiger partial charge in [-0.1, -0.05) is 25.3 Å². The molecule has 1 aromatic carbocycles. The third-order valence-electron chi connectivity index (χ3n) is 7.05. The Bertz CT molecular complexity index is 1230. The Labute approximate surface area is 182 Å². The van der Waals surface area contributed by atoms with E-state index in [1.165, 1.54) is 41.5 Å². The van der Waals surface area contributed by atoms with Crippen molar-refractivity contribution in [1.29, 1.82) is 0 Å². The van der Waals surface area contributed by atoms with Gasteiger partial charge in [0.1, 0.15) is 17.8 Å². The van der Waals surface area contributed by atoms with Gasteiger partial charge in [0.25, 0.3) is 0 Å². The van der Waals surface area contributed by atoms with E-state index < -0.39 is 0 Å². The second-order valence-corrected chi connectivity index (χ2v) is 9.12. The second kappa shape index (κ2) is 7.61. The van der Waals surface area contributed by atoms with E-state index >= 15 is 0 Å². The molecule has 1 saturated heterocycles. The molecule has 4 heterocycles. The monoisotopic (exact) mass is 412 g/mol. The molecule has 2 fully saturated rings. The van der Waals surface area contributed by atoms with Crippen LogP contribution in [0.25, 0.3) is 33.1 Å². The molecule has 1 N–H and O–H groups in total. The summed E-state index contributed by atoms with van der Waals surface area (Å²) in [5.41, 5.74) is 5.55. The summed E-state index contributed by atoms with van der Waals surface area (Å²) in [7, 11) is 2.18. The number of aromatic amines is 1. The maximum absolute atomic E-state index is 4.91. The van der Waals surface area contributed by atoms with Crippen LogP contribution in [0.15, 0.2) is 42.9 Å². The Kier molecular flexibility index (Phi) is 4.60. The van der Waals surface area contributed by atoms with Crippen LogP contribution in [0.4, 0.5) is 5.82 Å². The van der Waals surface area contributed by atoms with Crippen LogP contribution in [0, 0.1) is 5.92 Å². The first-order valence-corrected chi connectivity index (χ1v) is 11.4. The highest BCUT2D eigenvalue weighted by Gasteiger charge is 2.20. The van der Waals surface area contributed by atoms with E-state index in [-0.39, 0.29) is 0 Å². The van der Waals surface area contributed by atoms with Gasteiger partial charge < -0.3 is 14.8 Å². The zero-order valence-electron chi connectivity index (χ0n) is 18.0. The van der Waals surface area contributed by atoms with Crippen LogP contribution in [-0.2, 0) is 6.42 Å². The van der Waals surface area contributed by atoms with Crippen molar-refractivity contribution in [2.75, 3.05) is 38.1 Å². The van der Waals surface area contributed by atoms with Crippen molar-refractivity contribution in [1.82, 2.24) is 24.8 Å². The van der Waals surface area contributed by atoms with Gasteiger partial charge in [-0.05, 0) is 49.2 Å². The second-order valence-electron chi connectivity index (χ2n) is 9.12. The van der Waals surface area contributed by atoms with Crippen LogP contribution in [0.2, 0.25) is 0 Å². The zero-order valence-corrected chi connectivity index (χ0v) is 18.0. The number of benzene rings is 1. The first kappa shape index (κ1) is 18.8. The third-order valence-corrected chi connectivity index (χ3v) is 7.05. The van der Waals surface area contributed by atoms with Crippen molar-refractivity contribution in [2.45, 2.75) is 25.7 Å². The molecule has 0 unspecified atom stereocenters. The van der Waals surface area contributed by atoms with Crippen LogP contribution in [0.3, 0.4) is 0 Å². The number of hydrogen-bond acceptors (Lipinski definition) is 5. The largest absolute Gasteiger partial charge is 0.353 e. The number of rotatable bonds is 4. The molecule has 6 rings (SSSR count). The smallest absolute Gasteiger partial charge is 0.139 e.